The number of esters is 1. The van der Waals surface area contributed by atoms with Gasteiger partial charge in [-0.05, 0) is 19.3 Å². The number of fused-ring (bicyclic) bond motifs is 1. The number of hydrogen-bond donors (Lipinski definition) is 1. The van der Waals surface area contributed by atoms with E-state index in [1.165, 1.54) is 18.1 Å². The van der Waals surface area contributed by atoms with Crippen LogP contribution in [0.4, 0.5) is 14.6 Å². The second kappa shape index (κ2) is 5.71. The van der Waals surface area contributed by atoms with Crippen LogP contribution in [0.2, 0.25) is 0 Å². The fraction of sp³-hybridized carbons (Fsp3) is 0.571. The summed E-state index contributed by atoms with van der Waals surface area (Å²) in [7, 11) is 1.24. The van der Waals surface area contributed by atoms with Gasteiger partial charge < -0.3 is 10.5 Å². The van der Waals surface area contributed by atoms with Crippen molar-refractivity contribution in [1.29, 1.82) is 0 Å². The van der Waals surface area contributed by atoms with Crippen LogP contribution in [0, 0.1) is 0 Å². The molecule has 124 valence electrons. The first-order valence-corrected chi connectivity index (χ1v) is 7.38. The van der Waals surface area contributed by atoms with Gasteiger partial charge in [-0.2, -0.15) is 5.10 Å². The van der Waals surface area contributed by atoms with Crippen molar-refractivity contribution in [3.8, 4) is 0 Å². The van der Waals surface area contributed by atoms with Gasteiger partial charge in [0, 0.05) is 12.8 Å². The maximum atomic E-state index is 13.6. The van der Waals surface area contributed by atoms with Crippen LogP contribution >= 0.6 is 0 Å². The minimum Gasteiger partial charge on any atom is -0.464 e. The Bertz CT molecular complexity index is 746. The van der Waals surface area contributed by atoms with Crippen molar-refractivity contribution < 1.29 is 18.3 Å². The lowest BCUT2D eigenvalue weighted by Crippen LogP contribution is -2.15. The van der Waals surface area contributed by atoms with Gasteiger partial charge in [0.2, 0.25) is 5.92 Å². The van der Waals surface area contributed by atoms with Crippen molar-refractivity contribution in [3.05, 3.63) is 12.0 Å². The highest BCUT2D eigenvalue weighted by molar-refractivity contribution is 6.05. The molecule has 0 spiro atoms. The fourth-order valence-electron chi connectivity index (χ4n) is 2.98. The maximum Gasteiger partial charge on any atom is 0.359 e. The summed E-state index contributed by atoms with van der Waals surface area (Å²) in [6.07, 6.45) is 2.09. The molecule has 1 aliphatic rings. The Balaban J connectivity index is 2.08. The zero-order chi connectivity index (χ0) is 16.6. The Morgan fingerprint density at radius 3 is 2.91 bits per heavy atom. The standard InChI is InChI=1S/C14H17F2N5O2/c1-23-13(22)10-9-11(17)18-7-19-12(9)21(20-10)8-3-2-5-14(15,16)6-4-8/h7-8H,2-6H2,1H3,(H2,17,18,19). The van der Waals surface area contributed by atoms with Gasteiger partial charge in [-0.25, -0.2) is 28.2 Å². The van der Waals surface area contributed by atoms with E-state index in [9.17, 15) is 13.6 Å². The third-order valence-corrected chi connectivity index (χ3v) is 4.17. The summed E-state index contributed by atoms with van der Waals surface area (Å²) in [5.41, 5.74) is 6.21. The van der Waals surface area contributed by atoms with E-state index in [1.54, 1.807) is 0 Å². The summed E-state index contributed by atoms with van der Waals surface area (Å²) in [6, 6.07) is -0.265. The summed E-state index contributed by atoms with van der Waals surface area (Å²) in [5.74, 6) is -3.20. The van der Waals surface area contributed by atoms with Gasteiger partial charge in [0.15, 0.2) is 11.3 Å². The number of aromatic nitrogens is 4. The zero-order valence-electron chi connectivity index (χ0n) is 12.6. The molecule has 3 rings (SSSR count). The fourth-order valence-corrected chi connectivity index (χ4v) is 2.98. The molecule has 0 aromatic carbocycles. The predicted octanol–water partition coefficient (Wildman–Crippen LogP) is 2.34. The number of nitrogens with two attached hydrogens (primary N) is 1. The second-order valence-corrected chi connectivity index (χ2v) is 5.68. The topological polar surface area (TPSA) is 95.9 Å². The van der Waals surface area contributed by atoms with Gasteiger partial charge in [-0.3, -0.25) is 0 Å². The lowest BCUT2D eigenvalue weighted by molar-refractivity contribution is -0.0147. The van der Waals surface area contributed by atoms with Gasteiger partial charge in [0.25, 0.3) is 0 Å². The highest BCUT2D eigenvalue weighted by Crippen LogP contribution is 2.37. The molecule has 2 aromatic heterocycles. The number of hydrogen-bond acceptors (Lipinski definition) is 6. The van der Waals surface area contributed by atoms with E-state index in [0.29, 0.717) is 23.9 Å². The quantitative estimate of drug-likeness (QED) is 0.672. The van der Waals surface area contributed by atoms with E-state index in [2.05, 4.69) is 15.1 Å². The Morgan fingerprint density at radius 2 is 2.17 bits per heavy atom. The number of ether oxygens (including phenoxy) is 1. The van der Waals surface area contributed by atoms with Gasteiger partial charge in [-0.1, -0.05) is 0 Å². The number of anilines is 1. The number of nitrogen functional groups attached to an aromatic ring is 1. The molecule has 1 aliphatic carbocycles. The van der Waals surface area contributed by atoms with Crippen molar-refractivity contribution in [2.75, 3.05) is 12.8 Å². The molecule has 2 N–H and O–H groups in total. The third kappa shape index (κ3) is 2.82. The smallest absolute Gasteiger partial charge is 0.359 e. The monoisotopic (exact) mass is 325 g/mol. The van der Waals surface area contributed by atoms with E-state index in [0.717, 1.165) is 0 Å². The van der Waals surface area contributed by atoms with Crippen molar-refractivity contribution in [2.24, 2.45) is 0 Å². The molecule has 0 amide bonds. The minimum atomic E-state index is -2.66. The SMILES string of the molecule is COC(=O)c1nn(C2CCCC(F)(F)CC2)c2ncnc(N)c12. The summed E-state index contributed by atoms with van der Waals surface area (Å²) in [4.78, 5) is 19.9. The van der Waals surface area contributed by atoms with E-state index in [1.807, 2.05) is 0 Å². The molecule has 0 bridgehead atoms. The van der Waals surface area contributed by atoms with Crippen LogP contribution in [0.1, 0.15) is 48.6 Å². The largest absolute Gasteiger partial charge is 0.464 e. The molecule has 1 atom stereocenters. The number of nitrogens with zero attached hydrogens (tertiary/aromatic N) is 4. The number of methoxy groups -OCH3 is 1. The average molecular weight is 325 g/mol. The molecule has 2 heterocycles. The van der Waals surface area contributed by atoms with Gasteiger partial charge >= 0.3 is 5.97 Å². The molecular formula is C14H17F2N5O2. The molecule has 2 aromatic rings. The van der Waals surface area contributed by atoms with Crippen LogP contribution in [0.3, 0.4) is 0 Å². The van der Waals surface area contributed by atoms with Gasteiger partial charge in [0.1, 0.15) is 12.1 Å². The van der Waals surface area contributed by atoms with Gasteiger partial charge in [0.05, 0.1) is 18.5 Å². The molecule has 9 heteroatoms. The molecule has 1 saturated carbocycles. The lowest BCUT2D eigenvalue weighted by atomic mass is 10.1. The van der Waals surface area contributed by atoms with Crippen LogP contribution in [-0.2, 0) is 4.74 Å². The first-order chi connectivity index (χ1) is 10.9. The Hall–Kier alpha value is -2.32. The second-order valence-electron chi connectivity index (χ2n) is 5.68. The average Bonchev–Trinajstić information content (AvgIpc) is 2.81. The maximum absolute atomic E-state index is 13.6. The van der Waals surface area contributed by atoms with Crippen molar-refractivity contribution >= 4 is 22.8 Å². The first-order valence-electron chi connectivity index (χ1n) is 7.38. The zero-order valence-corrected chi connectivity index (χ0v) is 12.6. The number of carbonyl (C=O) groups excluding carboxylic acids is 1. The van der Waals surface area contributed by atoms with E-state index < -0.39 is 11.9 Å². The summed E-state index contributed by atoms with van der Waals surface area (Å²) >= 11 is 0. The number of alkyl halides is 2. The lowest BCUT2D eigenvalue weighted by Gasteiger charge is -2.16. The van der Waals surface area contributed by atoms with Crippen LogP contribution in [-0.4, -0.2) is 38.8 Å². The minimum absolute atomic E-state index is 0.0107. The molecule has 23 heavy (non-hydrogen) atoms. The molecular weight excluding hydrogens is 308 g/mol. The highest BCUT2D eigenvalue weighted by Gasteiger charge is 2.34. The molecule has 7 nitrogen and oxygen atoms in total. The number of carbonyl (C=O) groups is 1. The number of rotatable bonds is 2. The third-order valence-electron chi connectivity index (χ3n) is 4.17. The highest BCUT2D eigenvalue weighted by atomic mass is 19.3. The van der Waals surface area contributed by atoms with E-state index in [-0.39, 0.29) is 36.8 Å². The molecule has 1 fully saturated rings. The molecule has 0 saturated heterocycles. The summed E-state index contributed by atoms with van der Waals surface area (Å²) in [5, 5.41) is 4.55. The summed E-state index contributed by atoms with van der Waals surface area (Å²) in [6.45, 7) is 0. The Morgan fingerprint density at radius 1 is 1.39 bits per heavy atom. The molecule has 1 unspecified atom stereocenters. The molecule has 0 aliphatic heterocycles. The summed E-state index contributed by atoms with van der Waals surface area (Å²) < 4.78 is 33.4. The predicted molar refractivity (Wildman–Crippen MR) is 78.1 cm³/mol. The van der Waals surface area contributed by atoms with Crippen LogP contribution in [0.15, 0.2) is 6.33 Å². The van der Waals surface area contributed by atoms with Crippen molar-refractivity contribution in [1.82, 2.24) is 19.7 Å². The van der Waals surface area contributed by atoms with Crippen LogP contribution < -0.4 is 5.73 Å². The van der Waals surface area contributed by atoms with Gasteiger partial charge in [-0.15, -0.1) is 0 Å². The van der Waals surface area contributed by atoms with Crippen LogP contribution in [0.5, 0.6) is 0 Å². The van der Waals surface area contributed by atoms with Crippen molar-refractivity contribution in [2.45, 2.75) is 44.1 Å². The normalized spacial score (nSPS) is 21.1. The molecule has 0 radical (unpaired) electrons. The van der Waals surface area contributed by atoms with Crippen LogP contribution in [0.25, 0.3) is 11.0 Å². The number of halogens is 2. The van der Waals surface area contributed by atoms with Crippen molar-refractivity contribution in [3.63, 3.8) is 0 Å². The van der Waals surface area contributed by atoms with E-state index >= 15 is 0 Å². The van der Waals surface area contributed by atoms with E-state index in [4.69, 9.17) is 10.5 Å². The first kappa shape index (κ1) is 15.6. The Labute approximate surface area is 130 Å². The Kier molecular flexibility index (Phi) is 3.87.